The summed E-state index contributed by atoms with van der Waals surface area (Å²) >= 11 is 0. The van der Waals surface area contributed by atoms with Crippen LogP contribution in [0.1, 0.15) is 5.76 Å². The maximum absolute atomic E-state index is 9.41. The van der Waals surface area contributed by atoms with Gasteiger partial charge in [0.25, 0.3) is 0 Å². The highest BCUT2D eigenvalue weighted by Gasteiger charge is 2.08. The number of hydrogen-bond acceptors (Lipinski definition) is 3. The number of aromatic hydroxyl groups is 2. The van der Waals surface area contributed by atoms with Gasteiger partial charge in [-0.2, -0.15) is 0 Å². The molecule has 0 saturated carbocycles. The van der Waals surface area contributed by atoms with Crippen molar-refractivity contribution in [2.24, 2.45) is 0 Å². The summed E-state index contributed by atoms with van der Waals surface area (Å²) < 4.78 is 5.17. The molecule has 0 amide bonds. The van der Waals surface area contributed by atoms with Crippen LogP contribution < -0.4 is 0 Å². The van der Waals surface area contributed by atoms with Gasteiger partial charge in [0, 0.05) is 6.07 Å². The lowest BCUT2D eigenvalue weighted by molar-refractivity contribution is 0.450. The fourth-order valence-electron chi connectivity index (χ4n) is 1.19. The van der Waals surface area contributed by atoms with Crippen molar-refractivity contribution in [1.82, 2.24) is 0 Å². The Morgan fingerprint density at radius 2 is 2.00 bits per heavy atom. The molecule has 1 aromatic carbocycles. The molecule has 0 aliphatic heterocycles. The molecule has 0 radical (unpaired) electrons. The second kappa shape index (κ2) is 2.17. The van der Waals surface area contributed by atoms with Gasteiger partial charge in [0.1, 0.15) is 17.1 Å². The van der Waals surface area contributed by atoms with Gasteiger partial charge < -0.3 is 14.6 Å². The van der Waals surface area contributed by atoms with Crippen LogP contribution in [0.15, 0.2) is 22.6 Å². The Balaban J connectivity index is 2.87. The summed E-state index contributed by atoms with van der Waals surface area (Å²) in [5.74, 6) is 0.747. The lowest BCUT2D eigenvalue weighted by Crippen LogP contribution is -1.65. The Hall–Kier alpha value is -1.64. The van der Waals surface area contributed by atoms with Crippen molar-refractivity contribution in [1.29, 1.82) is 0 Å². The zero-order valence-electron chi connectivity index (χ0n) is 6.53. The summed E-state index contributed by atoms with van der Waals surface area (Å²) in [5.41, 5.74) is 0.505. The van der Waals surface area contributed by atoms with Crippen molar-refractivity contribution in [2.75, 3.05) is 0 Å². The molecule has 1 heterocycles. The maximum Gasteiger partial charge on any atom is 0.164 e. The first kappa shape index (κ1) is 7.03. The fraction of sp³-hybridized carbons (Fsp3) is 0.111. The quantitative estimate of drug-likeness (QED) is 0.627. The van der Waals surface area contributed by atoms with E-state index < -0.39 is 0 Å². The minimum atomic E-state index is 0.135. The van der Waals surface area contributed by atoms with E-state index in [0.717, 1.165) is 0 Å². The number of furan rings is 1. The van der Waals surface area contributed by atoms with Gasteiger partial charge in [-0.3, -0.25) is 0 Å². The number of fused-ring (bicyclic) bond motifs is 1. The van der Waals surface area contributed by atoms with Gasteiger partial charge >= 0.3 is 0 Å². The van der Waals surface area contributed by atoms with E-state index in [1.807, 2.05) is 0 Å². The molecule has 1 aromatic heterocycles. The zero-order valence-corrected chi connectivity index (χ0v) is 6.53. The van der Waals surface area contributed by atoms with Gasteiger partial charge in [-0.05, 0) is 19.1 Å². The average Bonchev–Trinajstić information content (AvgIpc) is 2.28. The van der Waals surface area contributed by atoms with Crippen LogP contribution in [0.5, 0.6) is 11.5 Å². The molecule has 0 unspecified atom stereocenters. The number of benzene rings is 1. The maximum atomic E-state index is 9.41. The number of rotatable bonds is 0. The molecule has 3 heteroatoms. The highest BCUT2D eigenvalue weighted by molar-refractivity contribution is 5.85. The predicted octanol–water partition coefficient (Wildman–Crippen LogP) is 2.15. The molecule has 12 heavy (non-hydrogen) atoms. The molecular weight excluding hydrogens is 156 g/mol. The van der Waals surface area contributed by atoms with E-state index in [2.05, 4.69) is 0 Å². The van der Waals surface area contributed by atoms with Gasteiger partial charge in [0.2, 0.25) is 0 Å². The minimum Gasteiger partial charge on any atom is -0.508 e. The van der Waals surface area contributed by atoms with Crippen molar-refractivity contribution in [3.8, 4) is 11.5 Å². The lowest BCUT2D eigenvalue weighted by atomic mass is 10.2. The molecule has 0 spiro atoms. The third-order valence-electron chi connectivity index (χ3n) is 1.82. The van der Waals surface area contributed by atoms with Crippen molar-refractivity contribution < 1.29 is 14.6 Å². The molecular formula is C9H8O3. The number of hydrogen-bond donors (Lipinski definition) is 2. The van der Waals surface area contributed by atoms with Gasteiger partial charge in [-0.1, -0.05) is 0 Å². The van der Waals surface area contributed by atoms with Crippen molar-refractivity contribution in [2.45, 2.75) is 6.92 Å². The van der Waals surface area contributed by atoms with Crippen molar-refractivity contribution in [3.63, 3.8) is 0 Å². The van der Waals surface area contributed by atoms with E-state index in [-0.39, 0.29) is 11.5 Å². The summed E-state index contributed by atoms with van der Waals surface area (Å²) in [7, 11) is 0. The van der Waals surface area contributed by atoms with Crippen LogP contribution >= 0.6 is 0 Å². The summed E-state index contributed by atoms with van der Waals surface area (Å²) in [6.45, 7) is 1.67. The topological polar surface area (TPSA) is 53.6 Å². The summed E-state index contributed by atoms with van der Waals surface area (Å²) in [4.78, 5) is 0. The molecule has 2 rings (SSSR count). The van der Waals surface area contributed by atoms with Gasteiger partial charge in [0.05, 0.1) is 5.39 Å². The van der Waals surface area contributed by atoms with E-state index in [9.17, 15) is 5.11 Å². The SMILES string of the molecule is Cc1oc2cc(O)ccc2c1O. The first-order valence-electron chi connectivity index (χ1n) is 3.59. The second-order valence-corrected chi connectivity index (χ2v) is 2.69. The van der Waals surface area contributed by atoms with E-state index in [0.29, 0.717) is 16.7 Å². The average molecular weight is 164 g/mol. The molecule has 0 bridgehead atoms. The molecule has 62 valence electrons. The van der Waals surface area contributed by atoms with Crippen molar-refractivity contribution in [3.05, 3.63) is 24.0 Å². The summed E-state index contributed by atoms with van der Waals surface area (Å²) in [6, 6.07) is 4.61. The van der Waals surface area contributed by atoms with Gasteiger partial charge in [-0.25, -0.2) is 0 Å². The zero-order chi connectivity index (χ0) is 8.72. The molecule has 0 aliphatic carbocycles. The molecule has 2 aromatic rings. The lowest BCUT2D eigenvalue weighted by Gasteiger charge is -1.89. The Labute approximate surface area is 68.9 Å². The Kier molecular flexibility index (Phi) is 1.27. The third kappa shape index (κ3) is 0.830. The van der Waals surface area contributed by atoms with Crippen LogP contribution in [0.4, 0.5) is 0 Å². The number of phenolic OH excluding ortho intramolecular Hbond substituents is 1. The first-order chi connectivity index (χ1) is 5.68. The van der Waals surface area contributed by atoms with Crippen LogP contribution in [0, 0.1) is 6.92 Å². The van der Waals surface area contributed by atoms with Crippen LogP contribution in [-0.4, -0.2) is 10.2 Å². The predicted molar refractivity (Wildman–Crippen MR) is 44.3 cm³/mol. The van der Waals surface area contributed by atoms with Crippen LogP contribution in [-0.2, 0) is 0 Å². The third-order valence-corrected chi connectivity index (χ3v) is 1.82. The van der Waals surface area contributed by atoms with E-state index >= 15 is 0 Å². The molecule has 0 atom stereocenters. The van der Waals surface area contributed by atoms with Crippen LogP contribution in [0.25, 0.3) is 11.0 Å². The molecule has 0 aliphatic rings. The van der Waals surface area contributed by atoms with Gasteiger partial charge in [-0.15, -0.1) is 0 Å². The first-order valence-corrected chi connectivity index (χ1v) is 3.59. The van der Waals surface area contributed by atoms with E-state index in [1.165, 1.54) is 12.1 Å². The fourth-order valence-corrected chi connectivity index (χ4v) is 1.19. The largest absolute Gasteiger partial charge is 0.508 e. The van der Waals surface area contributed by atoms with Crippen LogP contribution in [0.3, 0.4) is 0 Å². The number of aryl methyl sites for hydroxylation is 1. The molecule has 0 fully saturated rings. The van der Waals surface area contributed by atoms with Gasteiger partial charge in [0.15, 0.2) is 5.75 Å². The van der Waals surface area contributed by atoms with E-state index in [1.54, 1.807) is 13.0 Å². The highest BCUT2D eigenvalue weighted by atomic mass is 16.4. The Morgan fingerprint density at radius 3 is 2.75 bits per heavy atom. The Bertz CT molecular complexity index is 429. The monoisotopic (exact) mass is 164 g/mol. The van der Waals surface area contributed by atoms with Crippen LogP contribution in [0.2, 0.25) is 0 Å². The summed E-state index contributed by atoms with van der Waals surface area (Å²) in [5, 5.41) is 19.1. The molecule has 3 nitrogen and oxygen atoms in total. The smallest absolute Gasteiger partial charge is 0.164 e. The standard InChI is InChI=1S/C9H8O3/c1-5-9(11)7-3-2-6(10)4-8(7)12-5/h2-4,10-11H,1H3. The van der Waals surface area contributed by atoms with E-state index in [4.69, 9.17) is 9.52 Å². The number of phenols is 1. The molecule has 2 N–H and O–H groups in total. The normalized spacial score (nSPS) is 10.8. The minimum absolute atomic E-state index is 0.135. The Morgan fingerprint density at radius 1 is 1.25 bits per heavy atom. The second-order valence-electron chi connectivity index (χ2n) is 2.69. The summed E-state index contributed by atoms with van der Waals surface area (Å²) in [6.07, 6.45) is 0. The highest BCUT2D eigenvalue weighted by Crippen LogP contribution is 2.32. The van der Waals surface area contributed by atoms with Crippen molar-refractivity contribution >= 4 is 11.0 Å². The molecule has 0 saturated heterocycles.